The van der Waals surface area contributed by atoms with Gasteiger partial charge in [-0.3, -0.25) is 18.6 Å². The number of rotatable bonds is 38. The van der Waals surface area contributed by atoms with Gasteiger partial charge >= 0.3 is 19.8 Å². The lowest BCUT2D eigenvalue weighted by molar-refractivity contribution is -0.161. The maximum absolute atomic E-state index is 12.6. The van der Waals surface area contributed by atoms with E-state index in [0.717, 1.165) is 77.0 Å². The van der Waals surface area contributed by atoms with Crippen molar-refractivity contribution in [1.82, 2.24) is 0 Å². The predicted molar refractivity (Wildman–Crippen MR) is 248 cm³/mol. The van der Waals surface area contributed by atoms with E-state index in [1.807, 2.05) is 12.2 Å². The molecule has 10 nitrogen and oxygen atoms in total. The van der Waals surface area contributed by atoms with Gasteiger partial charge in [-0.1, -0.05) is 154 Å². The van der Waals surface area contributed by atoms with E-state index in [1.165, 1.54) is 0 Å². The number of hydrogen-bond acceptors (Lipinski definition) is 9. The molecule has 0 aliphatic carbocycles. The summed E-state index contributed by atoms with van der Waals surface area (Å²) in [4.78, 5) is 34.9. The average molecular weight is 854 g/mol. The van der Waals surface area contributed by atoms with Crippen LogP contribution in [0.4, 0.5) is 0 Å². The zero-order chi connectivity index (χ0) is 44.0. The second-order valence-corrected chi connectivity index (χ2v) is 15.1. The Morgan fingerprint density at radius 2 is 1.10 bits per heavy atom. The number of phosphoric acid groups is 1. The van der Waals surface area contributed by atoms with Crippen LogP contribution >= 0.6 is 7.82 Å². The highest BCUT2D eigenvalue weighted by Gasteiger charge is 2.25. The Kier molecular flexibility index (Phi) is 40.4. The van der Waals surface area contributed by atoms with Crippen LogP contribution in [0.3, 0.4) is 0 Å². The number of nitrogens with two attached hydrogens (primary N) is 1. The molecule has 0 aromatic carbocycles. The van der Waals surface area contributed by atoms with Crippen molar-refractivity contribution in [2.24, 2.45) is 5.73 Å². The standard InChI is InChI=1S/C49H76NO9P/c1-3-5-7-9-11-13-15-17-18-19-20-21-22-24-26-28-30-32-36-40-48(52)56-44-47(45-58-60(54,55)57-43-42-50)59-49(53)41-37-33-35-39-46(51)38-34-31-29-27-25-23-16-14-12-10-8-6-4-2/h5-8,11-14,17-18,20-21,23-26,29,31,33-35,38,46-47,51H,3-4,9-10,15-16,19,22,27-28,30,32,36-37,39-45,50H2,1-2H3,(H,54,55)/b7-5-,8-6-,13-11-,14-12-,18-17-,21-20-,25-23-,26-24-,31-29-,35-33-,38-34-/t46?,47-/m1/s1. The molecule has 0 heterocycles. The zero-order valence-electron chi connectivity index (χ0n) is 36.5. The summed E-state index contributed by atoms with van der Waals surface area (Å²) in [6.07, 6.45) is 56.6. The second-order valence-electron chi connectivity index (χ2n) is 13.6. The maximum Gasteiger partial charge on any atom is 0.472 e. The summed E-state index contributed by atoms with van der Waals surface area (Å²) in [7, 11) is -4.45. The lowest BCUT2D eigenvalue weighted by Crippen LogP contribution is -2.29. The summed E-state index contributed by atoms with van der Waals surface area (Å²) in [5.41, 5.74) is 5.33. The largest absolute Gasteiger partial charge is 0.472 e. The first-order valence-electron chi connectivity index (χ1n) is 21.8. The molecular weight excluding hydrogens is 778 g/mol. The third-order valence-corrected chi connectivity index (χ3v) is 9.11. The SMILES string of the molecule is CC/C=C\C/C=C\C/C=C\C/C=C\C=C/C(O)C/C=C\CCC(=O)O[C@H](COC(=O)CCCCC/C=C\C/C=C\C/C=C\C/C=C\C/C=C\CC)COP(=O)(O)OCCN. The van der Waals surface area contributed by atoms with Gasteiger partial charge in [0.25, 0.3) is 0 Å². The molecule has 0 bridgehead atoms. The molecule has 0 amide bonds. The van der Waals surface area contributed by atoms with Crippen molar-refractivity contribution in [1.29, 1.82) is 0 Å². The number of ether oxygens (including phenoxy) is 2. The number of esters is 2. The van der Waals surface area contributed by atoms with Crippen LogP contribution in [0, 0.1) is 0 Å². The monoisotopic (exact) mass is 854 g/mol. The number of carbonyl (C=O) groups excluding carboxylic acids is 2. The Balaban J connectivity index is 4.47. The normalized spacial score (nSPS) is 15.1. The van der Waals surface area contributed by atoms with Crippen LogP contribution in [0.15, 0.2) is 134 Å². The highest BCUT2D eigenvalue weighted by atomic mass is 31.2. The topological polar surface area (TPSA) is 155 Å². The molecule has 0 rings (SSSR count). The summed E-state index contributed by atoms with van der Waals surface area (Å²) < 4.78 is 32.6. The van der Waals surface area contributed by atoms with Crippen LogP contribution in [0.1, 0.15) is 123 Å². The van der Waals surface area contributed by atoms with Gasteiger partial charge in [-0.25, -0.2) is 4.57 Å². The lowest BCUT2D eigenvalue weighted by atomic mass is 10.1. The minimum atomic E-state index is -4.45. The summed E-state index contributed by atoms with van der Waals surface area (Å²) in [5.74, 6) is -1.07. The quantitative estimate of drug-likeness (QED) is 0.0180. The predicted octanol–water partition coefficient (Wildman–Crippen LogP) is 11.7. The molecule has 0 aliphatic rings. The molecule has 336 valence electrons. The van der Waals surface area contributed by atoms with Gasteiger partial charge in [0.1, 0.15) is 6.61 Å². The van der Waals surface area contributed by atoms with Crippen molar-refractivity contribution >= 4 is 19.8 Å². The number of aliphatic hydroxyl groups excluding tert-OH is 1. The van der Waals surface area contributed by atoms with Crippen molar-refractivity contribution in [2.75, 3.05) is 26.4 Å². The van der Waals surface area contributed by atoms with E-state index in [-0.39, 0.29) is 32.6 Å². The number of aliphatic hydroxyl groups is 1. The fourth-order valence-corrected chi connectivity index (χ4v) is 5.71. The number of carbonyl (C=O) groups is 2. The Labute approximate surface area is 362 Å². The van der Waals surface area contributed by atoms with E-state index in [1.54, 1.807) is 24.3 Å². The van der Waals surface area contributed by atoms with Gasteiger partial charge in [-0.2, -0.15) is 0 Å². The maximum atomic E-state index is 12.6. The molecule has 11 heteroatoms. The van der Waals surface area contributed by atoms with E-state index in [0.29, 0.717) is 19.3 Å². The first-order valence-corrected chi connectivity index (χ1v) is 23.3. The molecule has 3 atom stereocenters. The molecule has 0 aromatic rings. The molecule has 0 aliphatic heterocycles. The summed E-state index contributed by atoms with van der Waals surface area (Å²) in [6, 6.07) is 0. The summed E-state index contributed by atoms with van der Waals surface area (Å²) in [6.45, 7) is 3.22. The molecular formula is C49H76NO9P. The zero-order valence-corrected chi connectivity index (χ0v) is 37.4. The van der Waals surface area contributed by atoms with Crippen molar-refractivity contribution in [3.8, 4) is 0 Å². The van der Waals surface area contributed by atoms with Crippen LogP contribution < -0.4 is 5.73 Å². The van der Waals surface area contributed by atoms with Crippen molar-refractivity contribution < 1.29 is 42.7 Å². The molecule has 0 radical (unpaired) electrons. The van der Waals surface area contributed by atoms with E-state index in [9.17, 15) is 24.2 Å². The van der Waals surface area contributed by atoms with Crippen LogP contribution in [0.5, 0.6) is 0 Å². The van der Waals surface area contributed by atoms with Crippen LogP contribution in [0.2, 0.25) is 0 Å². The highest BCUT2D eigenvalue weighted by molar-refractivity contribution is 7.47. The number of hydrogen-bond donors (Lipinski definition) is 3. The number of phosphoric ester groups is 1. The molecule has 0 saturated carbocycles. The third kappa shape index (κ3) is 42.2. The van der Waals surface area contributed by atoms with E-state index in [4.69, 9.17) is 24.3 Å². The minimum absolute atomic E-state index is 0.00712. The van der Waals surface area contributed by atoms with Crippen molar-refractivity contribution in [3.63, 3.8) is 0 Å². The lowest BCUT2D eigenvalue weighted by Gasteiger charge is -2.19. The van der Waals surface area contributed by atoms with Crippen LogP contribution in [-0.2, 0) is 32.7 Å². The molecule has 60 heavy (non-hydrogen) atoms. The Morgan fingerprint density at radius 3 is 1.65 bits per heavy atom. The first kappa shape index (κ1) is 56.1. The fourth-order valence-electron chi connectivity index (χ4n) is 4.94. The van der Waals surface area contributed by atoms with E-state index >= 15 is 0 Å². The van der Waals surface area contributed by atoms with Crippen molar-refractivity contribution in [3.05, 3.63) is 134 Å². The third-order valence-electron chi connectivity index (χ3n) is 8.13. The van der Waals surface area contributed by atoms with E-state index < -0.39 is 38.6 Å². The van der Waals surface area contributed by atoms with Gasteiger partial charge < -0.3 is 25.2 Å². The van der Waals surface area contributed by atoms with Crippen molar-refractivity contribution in [2.45, 2.75) is 135 Å². The highest BCUT2D eigenvalue weighted by Crippen LogP contribution is 2.43. The van der Waals surface area contributed by atoms with Gasteiger partial charge in [0, 0.05) is 19.4 Å². The van der Waals surface area contributed by atoms with Gasteiger partial charge in [-0.05, 0) is 89.9 Å². The molecule has 0 spiro atoms. The molecule has 0 fully saturated rings. The van der Waals surface area contributed by atoms with E-state index in [2.05, 4.69) is 111 Å². The molecule has 4 N–H and O–H groups in total. The second kappa shape index (κ2) is 43.2. The van der Waals surface area contributed by atoms with Gasteiger partial charge in [0.05, 0.1) is 19.3 Å². The van der Waals surface area contributed by atoms with Gasteiger partial charge in [0.2, 0.25) is 0 Å². The smallest absolute Gasteiger partial charge is 0.462 e. The molecule has 0 aromatic heterocycles. The first-order chi connectivity index (χ1) is 29.2. The number of allylic oxidation sites excluding steroid dienone is 20. The van der Waals surface area contributed by atoms with Crippen LogP contribution in [0.25, 0.3) is 0 Å². The summed E-state index contributed by atoms with van der Waals surface area (Å²) in [5, 5.41) is 10.2. The number of unbranched alkanes of at least 4 members (excludes halogenated alkanes) is 3. The Hall–Kier alpha value is -3.89. The average Bonchev–Trinajstić information content (AvgIpc) is 3.23. The van der Waals surface area contributed by atoms with Crippen LogP contribution in [-0.4, -0.2) is 60.5 Å². The Bertz CT molecular complexity index is 1450. The van der Waals surface area contributed by atoms with Gasteiger partial charge in [-0.15, -0.1) is 0 Å². The fraction of sp³-hybridized carbons (Fsp3) is 0.510. The van der Waals surface area contributed by atoms with Gasteiger partial charge in [0.15, 0.2) is 6.10 Å². The molecule has 0 saturated heterocycles. The minimum Gasteiger partial charge on any atom is -0.462 e. The summed E-state index contributed by atoms with van der Waals surface area (Å²) >= 11 is 0. The molecule has 2 unspecified atom stereocenters. The Morgan fingerprint density at radius 1 is 0.583 bits per heavy atom.